The van der Waals surface area contributed by atoms with Crippen LogP contribution in [0.25, 0.3) is 53.8 Å². The number of carboxylic acids is 1. The molecule has 0 saturated carbocycles. The molecule has 0 unspecified atom stereocenters. The van der Waals surface area contributed by atoms with Gasteiger partial charge in [0.2, 0.25) is 0 Å². The van der Waals surface area contributed by atoms with E-state index in [1.54, 1.807) is 34.8 Å². The summed E-state index contributed by atoms with van der Waals surface area (Å²) in [6.45, 7) is 8.95. The van der Waals surface area contributed by atoms with Crippen molar-refractivity contribution >= 4 is 51.8 Å². The molecule has 3 aromatic heterocycles. The number of anilines is 3. The molecule has 0 atom stereocenters. The number of para-hydroxylation sites is 3. The van der Waals surface area contributed by atoms with Crippen LogP contribution >= 0.6 is 22.7 Å². The quantitative estimate of drug-likeness (QED) is 0.0984. The second-order valence-corrected chi connectivity index (χ2v) is 17.3. The molecule has 8 aromatic rings. The molecule has 0 amide bonds. The lowest BCUT2D eigenvalue weighted by atomic mass is 9.92. The van der Waals surface area contributed by atoms with E-state index in [0.29, 0.717) is 5.56 Å². The van der Waals surface area contributed by atoms with Gasteiger partial charge in [-0.05, 0) is 119 Å². The molecular formula is C52H42FN3O2S2. The summed E-state index contributed by atoms with van der Waals surface area (Å²) in [5, 5.41) is 18.5. The van der Waals surface area contributed by atoms with Gasteiger partial charge in [0.15, 0.2) is 0 Å². The maximum Gasteiger partial charge on any atom is 0.346 e. The van der Waals surface area contributed by atoms with Gasteiger partial charge in [-0.2, -0.15) is 5.26 Å². The van der Waals surface area contributed by atoms with Crippen molar-refractivity contribution in [2.75, 3.05) is 4.90 Å². The Kier molecular flexibility index (Phi) is 11.5. The van der Waals surface area contributed by atoms with Crippen molar-refractivity contribution in [3.05, 3.63) is 186 Å². The highest BCUT2D eigenvalue weighted by molar-refractivity contribution is 7.19. The number of thiophene rings is 2. The van der Waals surface area contributed by atoms with Gasteiger partial charge in [0.05, 0.1) is 26.8 Å². The van der Waals surface area contributed by atoms with Gasteiger partial charge < -0.3 is 14.6 Å². The molecule has 0 fully saturated rings. The van der Waals surface area contributed by atoms with Gasteiger partial charge >= 0.3 is 5.97 Å². The zero-order valence-electron chi connectivity index (χ0n) is 33.6. The third-order valence-electron chi connectivity index (χ3n) is 10.5. The van der Waals surface area contributed by atoms with Crippen LogP contribution in [0.1, 0.15) is 56.2 Å². The topological polar surface area (TPSA) is 69.3 Å². The molecule has 0 aliphatic rings. The van der Waals surface area contributed by atoms with Crippen LogP contribution in [0.4, 0.5) is 21.5 Å². The fraction of sp³-hybridized carbons (Fsp3) is 0.115. The van der Waals surface area contributed by atoms with E-state index in [2.05, 4.69) is 158 Å². The first-order valence-electron chi connectivity index (χ1n) is 19.8. The number of halogens is 1. The van der Waals surface area contributed by atoms with Crippen LogP contribution in [0.5, 0.6) is 0 Å². The number of aliphatic carboxylic acids is 1. The number of rotatable bonds is 12. The minimum absolute atomic E-state index is 0.0482. The molecule has 3 heterocycles. The van der Waals surface area contributed by atoms with Gasteiger partial charge in [0.1, 0.15) is 17.5 Å². The third-order valence-corrected chi connectivity index (χ3v) is 12.9. The average Bonchev–Trinajstić information content (AvgIpc) is 4.05. The Morgan fingerprint density at radius 2 is 1.12 bits per heavy atom. The third kappa shape index (κ3) is 7.98. The van der Waals surface area contributed by atoms with Crippen LogP contribution in [0.2, 0.25) is 0 Å². The Bertz CT molecular complexity index is 2810. The van der Waals surface area contributed by atoms with Gasteiger partial charge in [-0.1, -0.05) is 107 Å². The van der Waals surface area contributed by atoms with Crippen molar-refractivity contribution < 1.29 is 14.3 Å². The highest BCUT2D eigenvalue weighted by Gasteiger charge is 2.24. The van der Waals surface area contributed by atoms with Crippen molar-refractivity contribution in [1.82, 2.24) is 4.57 Å². The van der Waals surface area contributed by atoms with E-state index in [1.165, 1.54) is 33.8 Å². The van der Waals surface area contributed by atoms with Crippen molar-refractivity contribution in [1.29, 1.82) is 5.26 Å². The highest BCUT2D eigenvalue weighted by Crippen LogP contribution is 2.45. The second kappa shape index (κ2) is 17.2. The number of benzene rings is 5. The summed E-state index contributed by atoms with van der Waals surface area (Å²) in [6.07, 6.45) is 1.06. The van der Waals surface area contributed by atoms with Crippen LogP contribution in [-0.4, -0.2) is 15.6 Å². The zero-order valence-corrected chi connectivity index (χ0v) is 35.3. The number of carboxylic acid groups (broad SMARTS) is 1. The van der Waals surface area contributed by atoms with Crippen molar-refractivity contribution in [3.63, 3.8) is 0 Å². The molecular weight excluding hydrogens is 782 g/mol. The number of carbonyl (C=O) groups is 1. The van der Waals surface area contributed by atoms with Gasteiger partial charge in [-0.25, -0.2) is 9.18 Å². The van der Waals surface area contributed by atoms with Gasteiger partial charge in [0, 0.05) is 32.4 Å². The first-order chi connectivity index (χ1) is 29.1. The van der Waals surface area contributed by atoms with E-state index >= 15 is 4.39 Å². The lowest BCUT2D eigenvalue weighted by Crippen LogP contribution is -2.09. The first-order valence-corrected chi connectivity index (χ1v) is 21.5. The van der Waals surface area contributed by atoms with Crippen molar-refractivity contribution in [2.24, 2.45) is 0 Å². The lowest BCUT2D eigenvalue weighted by Gasteiger charge is -2.25. The maximum atomic E-state index is 15.3. The summed E-state index contributed by atoms with van der Waals surface area (Å²) in [5.41, 5.74) is 10.4. The fourth-order valence-electron chi connectivity index (χ4n) is 7.56. The summed E-state index contributed by atoms with van der Waals surface area (Å²) < 4.78 is 17.7. The molecule has 8 heteroatoms. The number of aromatic nitrogens is 1. The van der Waals surface area contributed by atoms with Crippen molar-refractivity contribution in [2.45, 2.75) is 39.5 Å². The molecule has 0 aliphatic carbocycles. The second-order valence-electron chi connectivity index (χ2n) is 15.1. The predicted molar refractivity (Wildman–Crippen MR) is 247 cm³/mol. The molecule has 0 saturated heterocycles. The number of nitriles is 1. The molecule has 8 rings (SSSR count). The summed E-state index contributed by atoms with van der Waals surface area (Å²) in [6, 6.07) is 55.4. The van der Waals surface area contributed by atoms with E-state index < -0.39 is 17.4 Å². The number of hydrogen-bond acceptors (Lipinski definition) is 5. The van der Waals surface area contributed by atoms with Crippen LogP contribution in [0.3, 0.4) is 0 Å². The van der Waals surface area contributed by atoms with E-state index in [0.717, 1.165) is 54.7 Å². The zero-order chi connectivity index (χ0) is 41.9. The average molecular weight is 824 g/mol. The Morgan fingerprint density at radius 1 is 0.633 bits per heavy atom. The Labute approximate surface area is 358 Å². The van der Waals surface area contributed by atoms with Crippen LogP contribution in [-0.2, 0) is 4.79 Å². The Balaban J connectivity index is 1.20. The summed E-state index contributed by atoms with van der Waals surface area (Å²) >= 11 is 3.35. The smallest absolute Gasteiger partial charge is 0.346 e. The minimum atomic E-state index is -1.39. The normalized spacial score (nSPS) is 11.6. The summed E-state index contributed by atoms with van der Waals surface area (Å²) in [5.74, 6) is -1.46. The fourth-order valence-corrected chi connectivity index (χ4v) is 9.61. The molecule has 0 spiro atoms. The van der Waals surface area contributed by atoms with E-state index in [1.807, 2.05) is 18.2 Å². The Hall–Kier alpha value is -6.79. The molecule has 5 aromatic carbocycles. The van der Waals surface area contributed by atoms with Crippen molar-refractivity contribution in [3.8, 4) is 53.8 Å². The number of hydrogen-bond donors (Lipinski definition) is 1. The number of nitrogens with zero attached hydrogens (tertiary/aromatic N) is 3. The molecule has 1 N–H and O–H groups in total. The molecule has 0 aliphatic heterocycles. The lowest BCUT2D eigenvalue weighted by molar-refractivity contribution is -0.132. The van der Waals surface area contributed by atoms with E-state index in [9.17, 15) is 15.2 Å². The molecule has 60 heavy (non-hydrogen) atoms. The summed E-state index contributed by atoms with van der Waals surface area (Å²) in [7, 11) is 0. The van der Waals surface area contributed by atoms with E-state index in [4.69, 9.17) is 0 Å². The first kappa shape index (κ1) is 40.0. The van der Waals surface area contributed by atoms with Gasteiger partial charge in [0.25, 0.3) is 0 Å². The predicted octanol–water partition coefficient (Wildman–Crippen LogP) is 15.1. The summed E-state index contributed by atoms with van der Waals surface area (Å²) in [4.78, 5) is 17.9. The minimum Gasteiger partial charge on any atom is -0.477 e. The van der Waals surface area contributed by atoms with Crippen LogP contribution in [0, 0.1) is 17.1 Å². The van der Waals surface area contributed by atoms with E-state index in [-0.39, 0.29) is 17.4 Å². The standard InChI is InChI=1S/C52H42FN3O2S2/c1-33(2)42-16-11-17-43(34(3)4)51(42)56-45(24-25-46(56)50-29-27-48(60-50)37-19-18-36(44(53)31-37)30-38(32-54)52(57)58)49-28-26-47(59-49)35-20-22-41(23-21-35)55(39-12-7-5-8-13-39)40-14-9-6-10-15-40/h5-31,33-34H,1-4H3,(H,57,58)/b38-30+. The Morgan fingerprint density at radius 3 is 1.60 bits per heavy atom. The largest absolute Gasteiger partial charge is 0.477 e. The monoisotopic (exact) mass is 823 g/mol. The SMILES string of the molecule is CC(C)c1cccc(C(C)C)c1-n1c(-c2ccc(-c3ccc(N(c4ccccc4)c4ccccc4)cc3)s2)ccc1-c1ccc(-c2ccc(/C=C(\C#N)C(=O)O)c(F)c2)s1. The van der Waals surface area contributed by atoms with Gasteiger partial charge in [-0.3, -0.25) is 0 Å². The molecule has 0 bridgehead atoms. The van der Waals surface area contributed by atoms with Crippen LogP contribution < -0.4 is 4.90 Å². The van der Waals surface area contributed by atoms with Gasteiger partial charge in [-0.15, -0.1) is 22.7 Å². The molecule has 0 radical (unpaired) electrons. The van der Waals surface area contributed by atoms with Crippen LogP contribution in [0.15, 0.2) is 163 Å². The maximum absolute atomic E-state index is 15.3. The molecule has 5 nitrogen and oxygen atoms in total. The molecule has 296 valence electrons. The highest BCUT2D eigenvalue weighted by atomic mass is 32.1.